The highest BCUT2D eigenvalue weighted by molar-refractivity contribution is 7.25. The second kappa shape index (κ2) is 10.4. The molecule has 0 aliphatic heterocycles. The number of rotatable bonds is 2. The molecule has 248 valence electrons. The highest BCUT2D eigenvalue weighted by Crippen LogP contribution is 2.55. The van der Waals surface area contributed by atoms with Gasteiger partial charge in [-0.2, -0.15) is 0 Å². The molecular formula is C51H32OS. The summed E-state index contributed by atoms with van der Waals surface area (Å²) in [7, 11) is 0. The lowest BCUT2D eigenvalue weighted by molar-refractivity contribution is 0.658. The van der Waals surface area contributed by atoms with E-state index in [4.69, 9.17) is 4.42 Å². The Morgan fingerprint density at radius 2 is 1.04 bits per heavy atom. The van der Waals surface area contributed by atoms with Gasteiger partial charge in [0.05, 0.1) is 0 Å². The van der Waals surface area contributed by atoms with E-state index in [0.29, 0.717) is 0 Å². The van der Waals surface area contributed by atoms with E-state index in [0.717, 1.165) is 16.6 Å². The van der Waals surface area contributed by atoms with E-state index in [1.165, 1.54) is 102 Å². The van der Waals surface area contributed by atoms with Crippen molar-refractivity contribution in [3.63, 3.8) is 0 Å². The van der Waals surface area contributed by atoms with Gasteiger partial charge in [0.1, 0.15) is 11.2 Å². The minimum atomic E-state index is -0.190. The predicted octanol–water partition coefficient (Wildman–Crippen LogP) is 15.1. The Bertz CT molecular complexity index is 3320. The summed E-state index contributed by atoms with van der Waals surface area (Å²) in [6.45, 7) is 4.76. The van der Waals surface area contributed by atoms with Crippen molar-refractivity contribution in [2.24, 2.45) is 0 Å². The number of hydrogen-bond acceptors (Lipinski definition) is 2. The summed E-state index contributed by atoms with van der Waals surface area (Å²) in [5.41, 5.74) is 12.2. The second-order valence-corrected chi connectivity index (χ2v) is 16.2. The van der Waals surface area contributed by atoms with E-state index >= 15 is 0 Å². The molecule has 0 fully saturated rings. The Balaban J connectivity index is 1.10. The molecule has 11 aromatic rings. The molecule has 2 heterocycles. The van der Waals surface area contributed by atoms with Gasteiger partial charge in [0, 0.05) is 41.7 Å². The summed E-state index contributed by atoms with van der Waals surface area (Å²) >= 11 is 1.88. The largest absolute Gasteiger partial charge is 0.455 e. The van der Waals surface area contributed by atoms with Gasteiger partial charge in [-0.15, -0.1) is 11.3 Å². The van der Waals surface area contributed by atoms with Gasteiger partial charge in [0.2, 0.25) is 0 Å². The van der Waals surface area contributed by atoms with Crippen LogP contribution in [-0.4, -0.2) is 0 Å². The van der Waals surface area contributed by atoms with Crippen LogP contribution in [0.1, 0.15) is 25.0 Å². The first-order chi connectivity index (χ1) is 26.0. The van der Waals surface area contributed by atoms with Crippen LogP contribution in [0, 0.1) is 0 Å². The molecule has 0 unspecified atom stereocenters. The molecule has 9 aromatic carbocycles. The molecule has 12 rings (SSSR count). The summed E-state index contributed by atoms with van der Waals surface area (Å²) in [6, 6.07) is 58.5. The zero-order valence-electron chi connectivity index (χ0n) is 29.3. The van der Waals surface area contributed by atoms with Gasteiger partial charge in [0.25, 0.3) is 0 Å². The van der Waals surface area contributed by atoms with Crippen LogP contribution in [-0.2, 0) is 5.41 Å². The van der Waals surface area contributed by atoms with Crippen molar-refractivity contribution in [1.29, 1.82) is 0 Å². The third-order valence-electron chi connectivity index (χ3n) is 12.0. The molecule has 53 heavy (non-hydrogen) atoms. The van der Waals surface area contributed by atoms with Crippen LogP contribution < -0.4 is 0 Å². The van der Waals surface area contributed by atoms with Crippen LogP contribution in [0.4, 0.5) is 0 Å². The van der Waals surface area contributed by atoms with Gasteiger partial charge in [0.15, 0.2) is 0 Å². The predicted molar refractivity (Wildman–Crippen MR) is 228 cm³/mol. The minimum absolute atomic E-state index is 0.190. The van der Waals surface area contributed by atoms with Gasteiger partial charge in [-0.1, -0.05) is 141 Å². The normalized spacial score (nSPS) is 13.6. The van der Waals surface area contributed by atoms with Crippen LogP contribution in [0.2, 0.25) is 0 Å². The van der Waals surface area contributed by atoms with Crippen molar-refractivity contribution in [3.05, 3.63) is 169 Å². The van der Waals surface area contributed by atoms with Crippen molar-refractivity contribution < 1.29 is 4.42 Å². The maximum Gasteiger partial charge on any atom is 0.143 e. The standard InChI is InChI=1S/C51H32OS/c1-51(2)42-25-21-30(27-41(42)39-24-26-43-48(49(39)51)40-23-19-29-11-3-4-12-32(29)50(40)52-43)46-35-14-5-7-16-37(35)47(38-17-8-6-15-36(38)46)31-20-22-34-33-13-9-10-18-44(33)53-45(34)28-31/h3-28H,1-2H3. The molecule has 1 aliphatic carbocycles. The first-order valence-corrected chi connectivity index (χ1v) is 19.2. The number of furan rings is 1. The van der Waals surface area contributed by atoms with Gasteiger partial charge in [-0.05, 0) is 102 Å². The summed E-state index contributed by atoms with van der Waals surface area (Å²) in [6.07, 6.45) is 0. The van der Waals surface area contributed by atoms with E-state index in [1.54, 1.807) is 0 Å². The van der Waals surface area contributed by atoms with Gasteiger partial charge >= 0.3 is 0 Å². The summed E-state index contributed by atoms with van der Waals surface area (Å²) in [5.74, 6) is 0. The van der Waals surface area contributed by atoms with Crippen molar-refractivity contribution in [3.8, 4) is 33.4 Å². The summed E-state index contributed by atoms with van der Waals surface area (Å²) in [4.78, 5) is 0. The molecule has 2 heteroatoms. The fraction of sp³-hybridized carbons (Fsp3) is 0.0588. The quantitative estimate of drug-likeness (QED) is 0.164. The van der Waals surface area contributed by atoms with Gasteiger partial charge in [-0.25, -0.2) is 0 Å². The molecule has 0 spiro atoms. The molecule has 2 aromatic heterocycles. The van der Waals surface area contributed by atoms with E-state index < -0.39 is 0 Å². The molecule has 0 atom stereocenters. The Kier molecular flexibility index (Phi) is 5.78. The SMILES string of the molecule is CC1(C)c2ccc(-c3c4ccccc4c(-c4ccc5c(c4)sc4ccccc45)c4ccccc34)cc2-c2ccc3oc4c5ccccc5ccc4c3c21. The lowest BCUT2D eigenvalue weighted by atomic mass is 9.80. The van der Waals surface area contributed by atoms with Gasteiger partial charge < -0.3 is 4.42 Å². The molecule has 0 bridgehead atoms. The molecule has 0 amide bonds. The van der Waals surface area contributed by atoms with E-state index in [9.17, 15) is 0 Å². The maximum atomic E-state index is 6.66. The van der Waals surface area contributed by atoms with Gasteiger partial charge in [-0.3, -0.25) is 0 Å². The molecular weight excluding hydrogens is 661 g/mol. The monoisotopic (exact) mass is 692 g/mol. The second-order valence-electron chi connectivity index (χ2n) is 15.2. The van der Waals surface area contributed by atoms with E-state index in [1.807, 2.05) is 11.3 Å². The zero-order valence-corrected chi connectivity index (χ0v) is 30.1. The fourth-order valence-corrected chi connectivity index (χ4v) is 10.8. The highest BCUT2D eigenvalue weighted by atomic mass is 32.1. The van der Waals surface area contributed by atoms with Crippen molar-refractivity contribution in [2.75, 3.05) is 0 Å². The molecule has 1 nitrogen and oxygen atoms in total. The zero-order chi connectivity index (χ0) is 35.0. The smallest absolute Gasteiger partial charge is 0.143 e. The first kappa shape index (κ1) is 29.4. The van der Waals surface area contributed by atoms with Crippen molar-refractivity contribution in [1.82, 2.24) is 0 Å². The number of fused-ring (bicyclic) bond motifs is 14. The molecule has 0 saturated carbocycles. The van der Waals surface area contributed by atoms with Crippen LogP contribution in [0.15, 0.2) is 162 Å². The molecule has 0 N–H and O–H groups in total. The first-order valence-electron chi connectivity index (χ1n) is 18.4. The highest BCUT2D eigenvalue weighted by Gasteiger charge is 2.38. The molecule has 0 saturated heterocycles. The minimum Gasteiger partial charge on any atom is -0.455 e. The third-order valence-corrected chi connectivity index (χ3v) is 13.2. The fourth-order valence-electron chi connectivity index (χ4n) is 9.70. The Morgan fingerprint density at radius 1 is 0.453 bits per heavy atom. The molecule has 1 aliphatic rings. The Morgan fingerprint density at radius 3 is 1.77 bits per heavy atom. The van der Waals surface area contributed by atoms with E-state index in [-0.39, 0.29) is 5.41 Å². The van der Waals surface area contributed by atoms with Crippen LogP contribution in [0.5, 0.6) is 0 Å². The number of hydrogen-bond donors (Lipinski definition) is 0. The average Bonchev–Trinajstić information content (AvgIpc) is 3.84. The lowest BCUT2D eigenvalue weighted by Gasteiger charge is -2.23. The third kappa shape index (κ3) is 3.91. The van der Waals surface area contributed by atoms with Crippen LogP contribution in [0.3, 0.4) is 0 Å². The summed E-state index contributed by atoms with van der Waals surface area (Å²) in [5, 5.41) is 12.6. The topological polar surface area (TPSA) is 13.1 Å². The number of thiophene rings is 1. The van der Waals surface area contributed by atoms with Crippen LogP contribution in [0.25, 0.3) is 108 Å². The lowest BCUT2D eigenvalue weighted by Crippen LogP contribution is -2.15. The number of benzene rings is 9. The average molecular weight is 693 g/mol. The summed E-state index contributed by atoms with van der Waals surface area (Å²) < 4.78 is 9.32. The Hall–Kier alpha value is -6.22. The van der Waals surface area contributed by atoms with E-state index in [2.05, 4.69) is 172 Å². The Labute approximate surface area is 310 Å². The van der Waals surface area contributed by atoms with Crippen LogP contribution >= 0.6 is 11.3 Å². The molecule has 0 radical (unpaired) electrons. The maximum absolute atomic E-state index is 6.66. The van der Waals surface area contributed by atoms with Crippen molar-refractivity contribution in [2.45, 2.75) is 19.3 Å². The van der Waals surface area contributed by atoms with Crippen molar-refractivity contribution >= 4 is 85.8 Å².